The second-order valence-corrected chi connectivity index (χ2v) is 4.99. The molecule has 0 saturated carbocycles. The fraction of sp³-hybridized carbons (Fsp3) is 0.154. The van der Waals surface area contributed by atoms with Gasteiger partial charge in [-0.05, 0) is 36.9 Å². The third kappa shape index (κ3) is 3.22. The number of hydrogen-bond donors (Lipinski definition) is 1. The first-order valence-corrected chi connectivity index (χ1v) is 6.51. The van der Waals surface area contributed by atoms with Crippen molar-refractivity contribution >= 4 is 23.4 Å². The maximum absolute atomic E-state index is 6.20. The van der Waals surface area contributed by atoms with Crippen LogP contribution in [0.2, 0.25) is 5.02 Å². The minimum Gasteiger partial charge on any atom is -0.316 e. The second-order valence-electron chi connectivity index (χ2n) is 3.52. The van der Waals surface area contributed by atoms with E-state index in [2.05, 4.69) is 16.4 Å². The normalized spacial score (nSPS) is 10.5. The van der Waals surface area contributed by atoms with Crippen molar-refractivity contribution in [2.24, 2.45) is 0 Å². The molecule has 4 heteroatoms. The number of halogens is 1. The Labute approximate surface area is 110 Å². The minimum absolute atomic E-state index is 0.759. The van der Waals surface area contributed by atoms with Crippen LogP contribution in [0.3, 0.4) is 0 Å². The van der Waals surface area contributed by atoms with Crippen molar-refractivity contribution in [2.75, 3.05) is 7.05 Å². The van der Waals surface area contributed by atoms with Gasteiger partial charge in [0.1, 0.15) is 5.03 Å². The molecule has 17 heavy (non-hydrogen) atoms. The molecule has 0 aliphatic carbocycles. The number of pyridine rings is 1. The minimum atomic E-state index is 0.759. The van der Waals surface area contributed by atoms with E-state index in [1.807, 2.05) is 37.4 Å². The average Bonchev–Trinajstić information content (AvgIpc) is 2.35. The molecule has 0 aliphatic heterocycles. The van der Waals surface area contributed by atoms with Gasteiger partial charge in [0.05, 0.1) is 0 Å². The van der Waals surface area contributed by atoms with E-state index in [4.69, 9.17) is 11.6 Å². The molecule has 2 rings (SSSR count). The van der Waals surface area contributed by atoms with Crippen LogP contribution in [0.5, 0.6) is 0 Å². The lowest BCUT2D eigenvalue weighted by molar-refractivity contribution is 0.803. The van der Waals surface area contributed by atoms with Gasteiger partial charge in [0, 0.05) is 22.7 Å². The van der Waals surface area contributed by atoms with Crippen molar-refractivity contribution in [3.8, 4) is 0 Å². The summed E-state index contributed by atoms with van der Waals surface area (Å²) in [5.74, 6) is 0. The summed E-state index contributed by atoms with van der Waals surface area (Å²) < 4.78 is 0. The SMILES string of the molecule is CNCc1c(Cl)cccc1Sc1ccccn1. The van der Waals surface area contributed by atoms with Crippen molar-refractivity contribution in [3.05, 3.63) is 53.2 Å². The van der Waals surface area contributed by atoms with Crippen LogP contribution in [0.15, 0.2) is 52.5 Å². The van der Waals surface area contributed by atoms with Crippen LogP contribution in [0.1, 0.15) is 5.56 Å². The molecular formula is C13H13ClN2S. The second kappa shape index (κ2) is 6.05. The monoisotopic (exact) mass is 264 g/mol. The van der Waals surface area contributed by atoms with E-state index in [-0.39, 0.29) is 0 Å². The van der Waals surface area contributed by atoms with Crippen LogP contribution in [0.25, 0.3) is 0 Å². The van der Waals surface area contributed by atoms with Gasteiger partial charge >= 0.3 is 0 Å². The van der Waals surface area contributed by atoms with Crippen LogP contribution < -0.4 is 5.32 Å². The van der Waals surface area contributed by atoms with Gasteiger partial charge < -0.3 is 5.32 Å². The Bertz CT molecular complexity index is 488. The summed E-state index contributed by atoms with van der Waals surface area (Å²) >= 11 is 7.83. The summed E-state index contributed by atoms with van der Waals surface area (Å²) in [6.07, 6.45) is 1.80. The van der Waals surface area contributed by atoms with E-state index in [0.29, 0.717) is 0 Å². The molecule has 1 aromatic carbocycles. The maximum Gasteiger partial charge on any atom is 0.101 e. The molecule has 1 N–H and O–H groups in total. The topological polar surface area (TPSA) is 24.9 Å². The van der Waals surface area contributed by atoms with Gasteiger partial charge in [-0.3, -0.25) is 0 Å². The smallest absolute Gasteiger partial charge is 0.101 e. The molecule has 2 aromatic rings. The molecule has 0 aliphatic rings. The molecule has 0 fully saturated rings. The Kier molecular flexibility index (Phi) is 4.42. The van der Waals surface area contributed by atoms with Crippen molar-refractivity contribution in [1.82, 2.24) is 10.3 Å². The molecule has 88 valence electrons. The van der Waals surface area contributed by atoms with Gasteiger partial charge in [-0.15, -0.1) is 0 Å². The highest BCUT2D eigenvalue weighted by Crippen LogP contribution is 2.32. The van der Waals surface area contributed by atoms with E-state index >= 15 is 0 Å². The standard InChI is InChI=1S/C13H13ClN2S/c1-15-9-10-11(14)5-4-6-12(10)17-13-7-2-3-8-16-13/h2-8,15H,9H2,1H3. The number of benzene rings is 1. The zero-order valence-corrected chi connectivity index (χ0v) is 11.1. The van der Waals surface area contributed by atoms with Crippen molar-refractivity contribution in [1.29, 1.82) is 0 Å². The first-order chi connectivity index (χ1) is 8.31. The van der Waals surface area contributed by atoms with Crippen LogP contribution in [0.4, 0.5) is 0 Å². The number of rotatable bonds is 4. The summed E-state index contributed by atoms with van der Waals surface area (Å²) in [5.41, 5.74) is 1.12. The van der Waals surface area contributed by atoms with Gasteiger partial charge in [0.2, 0.25) is 0 Å². The average molecular weight is 265 g/mol. The molecule has 0 radical (unpaired) electrons. The lowest BCUT2D eigenvalue weighted by Crippen LogP contribution is -2.06. The van der Waals surface area contributed by atoms with Gasteiger partial charge in [0.25, 0.3) is 0 Å². The summed E-state index contributed by atoms with van der Waals surface area (Å²) in [5, 5.41) is 4.90. The first kappa shape index (κ1) is 12.4. The molecule has 0 unspecified atom stereocenters. The molecule has 0 amide bonds. The fourth-order valence-corrected chi connectivity index (χ4v) is 2.74. The van der Waals surface area contributed by atoms with Crippen LogP contribution in [0, 0.1) is 0 Å². The lowest BCUT2D eigenvalue weighted by Gasteiger charge is -2.10. The van der Waals surface area contributed by atoms with Crippen molar-refractivity contribution in [3.63, 3.8) is 0 Å². The number of aromatic nitrogens is 1. The fourth-order valence-electron chi connectivity index (χ4n) is 1.50. The molecule has 0 atom stereocenters. The maximum atomic E-state index is 6.20. The molecule has 0 saturated heterocycles. The van der Waals surface area contributed by atoms with E-state index in [0.717, 1.165) is 27.1 Å². The predicted molar refractivity (Wildman–Crippen MR) is 72.6 cm³/mol. The summed E-state index contributed by atoms with van der Waals surface area (Å²) in [6.45, 7) is 0.759. The zero-order valence-electron chi connectivity index (χ0n) is 9.48. The van der Waals surface area contributed by atoms with Crippen molar-refractivity contribution < 1.29 is 0 Å². The highest BCUT2D eigenvalue weighted by Gasteiger charge is 2.07. The Morgan fingerprint density at radius 3 is 2.82 bits per heavy atom. The molecule has 2 nitrogen and oxygen atoms in total. The largest absolute Gasteiger partial charge is 0.316 e. The Balaban J connectivity index is 2.29. The molecule has 1 aromatic heterocycles. The summed E-state index contributed by atoms with van der Waals surface area (Å²) in [7, 11) is 1.92. The Morgan fingerprint density at radius 1 is 1.24 bits per heavy atom. The molecular weight excluding hydrogens is 252 g/mol. The number of nitrogens with zero attached hydrogens (tertiary/aromatic N) is 1. The summed E-state index contributed by atoms with van der Waals surface area (Å²) in [6, 6.07) is 11.8. The summed E-state index contributed by atoms with van der Waals surface area (Å²) in [4.78, 5) is 5.45. The van der Waals surface area contributed by atoms with E-state index < -0.39 is 0 Å². The van der Waals surface area contributed by atoms with Gasteiger partial charge in [0.15, 0.2) is 0 Å². The van der Waals surface area contributed by atoms with Gasteiger partial charge in [-0.1, -0.05) is 35.5 Å². The van der Waals surface area contributed by atoms with Gasteiger partial charge in [-0.25, -0.2) is 4.98 Å². The van der Waals surface area contributed by atoms with E-state index in [9.17, 15) is 0 Å². The zero-order chi connectivity index (χ0) is 12.1. The van der Waals surface area contributed by atoms with Crippen LogP contribution >= 0.6 is 23.4 Å². The lowest BCUT2D eigenvalue weighted by atomic mass is 10.2. The third-order valence-corrected chi connectivity index (χ3v) is 3.69. The van der Waals surface area contributed by atoms with E-state index in [1.165, 1.54) is 0 Å². The predicted octanol–water partition coefficient (Wildman–Crippen LogP) is 3.61. The van der Waals surface area contributed by atoms with Gasteiger partial charge in [-0.2, -0.15) is 0 Å². The third-order valence-electron chi connectivity index (χ3n) is 2.28. The first-order valence-electron chi connectivity index (χ1n) is 5.32. The van der Waals surface area contributed by atoms with Crippen LogP contribution in [-0.4, -0.2) is 12.0 Å². The van der Waals surface area contributed by atoms with E-state index in [1.54, 1.807) is 18.0 Å². The highest BCUT2D eigenvalue weighted by atomic mass is 35.5. The number of nitrogens with one attached hydrogen (secondary N) is 1. The molecule has 0 spiro atoms. The Morgan fingerprint density at radius 2 is 2.12 bits per heavy atom. The number of hydrogen-bond acceptors (Lipinski definition) is 3. The Hall–Kier alpha value is -1.03. The molecule has 1 heterocycles. The highest BCUT2D eigenvalue weighted by molar-refractivity contribution is 7.99. The quantitative estimate of drug-likeness (QED) is 0.913. The van der Waals surface area contributed by atoms with Crippen molar-refractivity contribution in [2.45, 2.75) is 16.5 Å². The van der Waals surface area contributed by atoms with Crippen LogP contribution in [-0.2, 0) is 6.54 Å². The molecule has 0 bridgehead atoms.